The minimum atomic E-state index is -0.396. The third-order valence-corrected chi connectivity index (χ3v) is 8.33. The molecule has 2 fully saturated rings. The van der Waals surface area contributed by atoms with Crippen molar-refractivity contribution < 1.29 is 11.0 Å². The lowest BCUT2D eigenvalue weighted by atomic mass is 9.63. The molecule has 0 radical (unpaired) electrons. The maximum absolute atomic E-state index is 13.1. The zero-order valence-electron chi connectivity index (χ0n) is 21.2. The Hall–Kier alpha value is -1.88. The van der Waals surface area contributed by atoms with Crippen LogP contribution in [0.3, 0.4) is 0 Å². The van der Waals surface area contributed by atoms with Gasteiger partial charge in [0.25, 0.3) is 0 Å². The predicted molar refractivity (Wildman–Crippen MR) is 135 cm³/mol. The second-order valence-corrected chi connectivity index (χ2v) is 11.8. The number of hydrogen-bond acceptors (Lipinski definition) is 3. The number of carbonyl (C=O) groups is 2. The highest BCUT2D eigenvalue weighted by Gasteiger charge is 2.42. The highest BCUT2D eigenvalue weighted by atomic mass is 16.2. The lowest BCUT2D eigenvalue weighted by Crippen LogP contribution is -2.51. The van der Waals surface area contributed by atoms with Gasteiger partial charge in [-0.3, -0.25) is 9.59 Å². The molecule has 4 rings (SSSR count). The standard InChI is InChI=1S/C28H43N3O2.H2/c1-21(31-17-8-7-11-25(31)32)26(33)29-24-12-13-28(23-10-6-5-9-22(23)24)15-19-30(20-16-28)18-14-27(2,3)4;/h5-6,9-10,21,24H,7-8,11-20H2,1-4H3,(H,29,33);1H/t21-,24+;/m1./s1. The van der Waals surface area contributed by atoms with Crippen molar-refractivity contribution in [3.8, 4) is 0 Å². The summed E-state index contributed by atoms with van der Waals surface area (Å²) in [7, 11) is 0. The SMILES string of the molecule is C[C@H](C(=O)N[C@H]1CCC2(CCN(CCC(C)(C)C)CC2)c2ccccc21)N1CCCCC1=O.[HH]. The van der Waals surface area contributed by atoms with E-state index >= 15 is 0 Å². The molecule has 5 heteroatoms. The minimum Gasteiger partial charge on any atom is -0.348 e. The number of fused-ring (bicyclic) bond motifs is 2. The van der Waals surface area contributed by atoms with E-state index in [0.29, 0.717) is 18.4 Å². The van der Waals surface area contributed by atoms with Gasteiger partial charge in [-0.2, -0.15) is 0 Å². The molecule has 1 N–H and O–H groups in total. The molecule has 2 aliphatic heterocycles. The number of rotatable bonds is 5. The molecule has 0 aromatic heterocycles. The molecule has 1 aromatic carbocycles. The monoisotopic (exact) mass is 455 g/mol. The van der Waals surface area contributed by atoms with Crippen molar-refractivity contribution in [1.82, 2.24) is 15.1 Å². The summed E-state index contributed by atoms with van der Waals surface area (Å²) >= 11 is 0. The number of piperidine rings is 2. The van der Waals surface area contributed by atoms with Gasteiger partial charge in [0, 0.05) is 14.4 Å². The molecule has 184 valence electrons. The van der Waals surface area contributed by atoms with E-state index in [1.165, 1.54) is 36.9 Å². The van der Waals surface area contributed by atoms with Crippen LogP contribution in [0.1, 0.15) is 97.7 Å². The summed E-state index contributed by atoms with van der Waals surface area (Å²) < 4.78 is 0. The van der Waals surface area contributed by atoms with Crippen LogP contribution in [0.5, 0.6) is 0 Å². The molecule has 3 aliphatic rings. The number of carbonyl (C=O) groups excluding carboxylic acids is 2. The van der Waals surface area contributed by atoms with Crippen LogP contribution in [0.4, 0.5) is 0 Å². The highest BCUT2D eigenvalue weighted by molar-refractivity contribution is 5.88. The van der Waals surface area contributed by atoms with Gasteiger partial charge in [0.05, 0.1) is 6.04 Å². The van der Waals surface area contributed by atoms with E-state index < -0.39 is 6.04 Å². The third kappa shape index (κ3) is 5.45. The second kappa shape index (κ2) is 9.77. The Labute approximate surface area is 201 Å². The van der Waals surface area contributed by atoms with Crippen LogP contribution in [0.2, 0.25) is 0 Å². The highest BCUT2D eigenvalue weighted by Crippen LogP contribution is 2.48. The Bertz CT molecular complexity index is 857. The second-order valence-electron chi connectivity index (χ2n) is 11.8. The van der Waals surface area contributed by atoms with Crippen LogP contribution in [0.25, 0.3) is 0 Å². The Kier molecular flexibility index (Phi) is 7.18. The first kappa shape index (κ1) is 24.3. The van der Waals surface area contributed by atoms with Gasteiger partial charge in [-0.1, -0.05) is 45.0 Å². The maximum Gasteiger partial charge on any atom is 0.242 e. The first-order chi connectivity index (χ1) is 15.7. The molecule has 1 aromatic rings. The van der Waals surface area contributed by atoms with Gasteiger partial charge < -0.3 is 15.1 Å². The molecule has 33 heavy (non-hydrogen) atoms. The van der Waals surface area contributed by atoms with Crippen molar-refractivity contribution in [2.24, 2.45) is 5.41 Å². The Morgan fingerprint density at radius 3 is 2.58 bits per heavy atom. The molecule has 0 bridgehead atoms. The molecular formula is C28H45N3O2. The lowest BCUT2D eigenvalue weighted by Gasteiger charge is -2.47. The van der Waals surface area contributed by atoms with Crippen molar-refractivity contribution in [2.75, 3.05) is 26.2 Å². The number of benzene rings is 1. The van der Waals surface area contributed by atoms with E-state index in [0.717, 1.165) is 38.8 Å². The van der Waals surface area contributed by atoms with Crippen LogP contribution in [0.15, 0.2) is 24.3 Å². The Morgan fingerprint density at radius 2 is 1.88 bits per heavy atom. The fourth-order valence-corrected chi connectivity index (χ4v) is 6.03. The van der Waals surface area contributed by atoms with Crippen molar-refractivity contribution in [3.05, 3.63) is 35.4 Å². The summed E-state index contributed by atoms with van der Waals surface area (Å²) in [6.07, 6.45) is 8.24. The molecule has 1 spiro atoms. The summed E-state index contributed by atoms with van der Waals surface area (Å²) in [6, 6.07) is 8.42. The summed E-state index contributed by atoms with van der Waals surface area (Å²) in [5.41, 5.74) is 3.36. The topological polar surface area (TPSA) is 52.7 Å². The van der Waals surface area contributed by atoms with Gasteiger partial charge in [-0.05, 0) is 93.5 Å². The summed E-state index contributed by atoms with van der Waals surface area (Å²) in [5.74, 6) is 0.100. The summed E-state index contributed by atoms with van der Waals surface area (Å²) in [4.78, 5) is 29.8. The molecule has 2 saturated heterocycles. The van der Waals surface area contributed by atoms with E-state index in [1.54, 1.807) is 4.90 Å². The molecule has 5 nitrogen and oxygen atoms in total. The van der Waals surface area contributed by atoms with Crippen molar-refractivity contribution in [2.45, 2.75) is 96.6 Å². The van der Waals surface area contributed by atoms with Crippen LogP contribution in [-0.2, 0) is 15.0 Å². The molecule has 2 atom stereocenters. The van der Waals surface area contributed by atoms with E-state index in [1.807, 2.05) is 6.92 Å². The quantitative estimate of drug-likeness (QED) is 0.676. The third-order valence-electron chi connectivity index (χ3n) is 8.33. The van der Waals surface area contributed by atoms with Crippen LogP contribution < -0.4 is 5.32 Å². The van der Waals surface area contributed by atoms with Crippen molar-refractivity contribution >= 4 is 11.8 Å². The zero-order chi connectivity index (χ0) is 23.6. The number of amides is 2. The van der Waals surface area contributed by atoms with Gasteiger partial charge in [0.1, 0.15) is 6.04 Å². The van der Waals surface area contributed by atoms with Gasteiger partial charge in [-0.25, -0.2) is 0 Å². The lowest BCUT2D eigenvalue weighted by molar-refractivity contribution is -0.142. The van der Waals surface area contributed by atoms with Crippen LogP contribution in [-0.4, -0.2) is 53.8 Å². The normalized spacial score (nSPS) is 24.4. The van der Waals surface area contributed by atoms with Gasteiger partial charge in [-0.15, -0.1) is 0 Å². The molecule has 0 unspecified atom stereocenters. The molecular weight excluding hydrogens is 410 g/mol. The maximum atomic E-state index is 13.1. The van der Waals surface area contributed by atoms with E-state index in [2.05, 4.69) is 55.3 Å². The average Bonchev–Trinajstić information content (AvgIpc) is 2.80. The van der Waals surface area contributed by atoms with Gasteiger partial charge in [0.15, 0.2) is 0 Å². The molecule has 2 amide bonds. The van der Waals surface area contributed by atoms with E-state index in [4.69, 9.17) is 0 Å². The molecule has 1 aliphatic carbocycles. The Balaban J connectivity index is 0.00000324. The van der Waals surface area contributed by atoms with Gasteiger partial charge >= 0.3 is 0 Å². The van der Waals surface area contributed by atoms with Crippen molar-refractivity contribution in [1.29, 1.82) is 0 Å². The zero-order valence-corrected chi connectivity index (χ0v) is 21.2. The predicted octanol–water partition coefficient (Wildman–Crippen LogP) is 5.05. The first-order valence-electron chi connectivity index (χ1n) is 13.1. The van der Waals surface area contributed by atoms with Crippen molar-refractivity contribution in [3.63, 3.8) is 0 Å². The van der Waals surface area contributed by atoms with Crippen LogP contribution in [0, 0.1) is 5.41 Å². The number of hydrogen-bond donors (Lipinski definition) is 1. The molecule has 2 heterocycles. The van der Waals surface area contributed by atoms with E-state index in [9.17, 15) is 9.59 Å². The number of likely N-dealkylation sites (tertiary alicyclic amines) is 2. The number of nitrogens with one attached hydrogen (secondary N) is 1. The van der Waals surface area contributed by atoms with Crippen LogP contribution >= 0.6 is 0 Å². The fraction of sp³-hybridized carbons (Fsp3) is 0.714. The largest absolute Gasteiger partial charge is 0.348 e. The van der Waals surface area contributed by atoms with Gasteiger partial charge in [0.2, 0.25) is 11.8 Å². The Morgan fingerprint density at radius 1 is 1.15 bits per heavy atom. The summed E-state index contributed by atoms with van der Waals surface area (Å²) in [6.45, 7) is 13.1. The minimum absolute atomic E-state index is 0. The average molecular weight is 456 g/mol. The smallest absolute Gasteiger partial charge is 0.242 e. The molecule has 0 saturated carbocycles. The first-order valence-corrected chi connectivity index (χ1v) is 13.1. The summed E-state index contributed by atoms with van der Waals surface area (Å²) in [5, 5.41) is 3.32. The number of nitrogens with zero attached hydrogens (tertiary/aromatic N) is 2. The fourth-order valence-electron chi connectivity index (χ4n) is 6.03. The van der Waals surface area contributed by atoms with E-state index in [-0.39, 0.29) is 24.7 Å².